The first-order valence-corrected chi connectivity index (χ1v) is 5.53. The summed E-state index contributed by atoms with van der Waals surface area (Å²) in [7, 11) is 0. The number of hydrogen-bond acceptors (Lipinski definition) is 1. The molecular weight excluding hydrogens is 266 g/mol. The monoisotopic (exact) mass is 278 g/mol. The molecule has 1 nitrogen and oxygen atoms in total. The average molecular weight is 279 g/mol. The van der Waals surface area contributed by atoms with Crippen molar-refractivity contribution in [3.8, 4) is 0 Å². The zero-order valence-corrected chi connectivity index (χ0v) is 10.2. The lowest BCUT2D eigenvalue weighted by atomic mass is 9.99. The molecule has 1 aromatic rings. The Balaban J connectivity index is 3.03. The summed E-state index contributed by atoms with van der Waals surface area (Å²) in [5.41, 5.74) is -0.244. The topological polar surface area (TPSA) is 20.2 Å². The molecule has 0 fully saturated rings. The van der Waals surface area contributed by atoms with Gasteiger partial charge in [-0.15, -0.1) is 0 Å². The van der Waals surface area contributed by atoms with E-state index < -0.39 is 17.7 Å². The first kappa shape index (κ1) is 12.6. The number of aliphatic hydroxyl groups excluding tert-OH is 1. The molecule has 1 N–H and O–H groups in total. The van der Waals surface area contributed by atoms with Gasteiger partial charge < -0.3 is 5.11 Å². The second kappa shape index (κ2) is 5.03. The number of halogens is 3. The highest BCUT2D eigenvalue weighted by Gasteiger charge is 2.19. The number of rotatable bonds is 3. The number of benzene rings is 1. The molecule has 0 saturated heterocycles. The van der Waals surface area contributed by atoms with Crippen molar-refractivity contribution in [2.45, 2.75) is 26.4 Å². The summed E-state index contributed by atoms with van der Waals surface area (Å²) >= 11 is 2.99. The maximum atomic E-state index is 13.4. The summed E-state index contributed by atoms with van der Waals surface area (Å²) in [4.78, 5) is 0. The van der Waals surface area contributed by atoms with Crippen LogP contribution >= 0.6 is 15.9 Å². The Hall–Kier alpha value is -0.480. The molecule has 1 atom stereocenters. The van der Waals surface area contributed by atoms with Crippen LogP contribution in [0.1, 0.15) is 31.9 Å². The molecule has 0 aliphatic heterocycles. The Bertz CT molecular complexity index is 329. The van der Waals surface area contributed by atoms with Gasteiger partial charge in [-0.05, 0) is 24.5 Å². The Labute approximate surface area is 96.2 Å². The first-order chi connectivity index (χ1) is 6.91. The summed E-state index contributed by atoms with van der Waals surface area (Å²) in [5, 5.41) is 9.65. The van der Waals surface area contributed by atoms with Crippen LogP contribution in [-0.2, 0) is 0 Å². The van der Waals surface area contributed by atoms with Crippen LogP contribution in [0.3, 0.4) is 0 Å². The Morgan fingerprint density at radius 1 is 1.27 bits per heavy atom. The molecule has 0 heterocycles. The third-order valence-electron chi connectivity index (χ3n) is 2.07. The predicted octanol–water partition coefficient (Wildman–Crippen LogP) is 3.81. The highest BCUT2D eigenvalue weighted by atomic mass is 79.9. The number of aliphatic hydroxyl groups is 1. The maximum Gasteiger partial charge on any atom is 0.133 e. The minimum atomic E-state index is -1.09. The lowest BCUT2D eigenvalue weighted by Crippen LogP contribution is -2.07. The quantitative estimate of drug-likeness (QED) is 0.892. The summed E-state index contributed by atoms with van der Waals surface area (Å²) in [5.74, 6) is -1.24. The molecule has 0 radical (unpaired) electrons. The molecule has 1 rings (SSSR count). The third-order valence-corrected chi connectivity index (χ3v) is 2.53. The molecule has 1 aromatic carbocycles. The molecule has 84 valence electrons. The summed E-state index contributed by atoms with van der Waals surface area (Å²) < 4.78 is 27.1. The van der Waals surface area contributed by atoms with Crippen molar-refractivity contribution in [2.75, 3.05) is 0 Å². The molecule has 0 amide bonds. The van der Waals surface area contributed by atoms with Crippen molar-refractivity contribution in [1.29, 1.82) is 0 Å². The van der Waals surface area contributed by atoms with E-state index in [1.807, 2.05) is 13.8 Å². The van der Waals surface area contributed by atoms with E-state index in [2.05, 4.69) is 15.9 Å². The van der Waals surface area contributed by atoms with Crippen LogP contribution in [0.25, 0.3) is 0 Å². The van der Waals surface area contributed by atoms with Crippen LogP contribution in [0.2, 0.25) is 0 Å². The molecule has 4 heteroatoms. The Kier molecular flexibility index (Phi) is 4.22. The summed E-state index contributed by atoms with van der Waals surface area (Å²) in [6.07, 6.45) is -0.742. The van der Waals surface area contributed by atoms with Gasteiger partial charge in [0.1, 0.15) is 11.6 Å². The fourth-order valence-electron chi connectivity index (χ4n) is 1.44. The second-order valence-electron chi connectivity index (χ2n) is 3.93. The molecule has 0 aromatic heterocycles. The van der Waals surface area contributed by atoms with Gasteiger partial charge in [-0.3, -0.25) is 0 Å². The lowest BCUT2D eigenvalue weighted by Gasteiger charge is -2.15. The highest BCUT2D eigenvalue weighted by molar-refractivity contribution is 9.10. The third kappa shape index (κ3) is 3.24. The van der Waals surface area contributed by atoms with Gasteiger partial charge in [-0.2, -0.15) is 0 Å². The fraction of sp³-hybridized carbons (Fsp3) is 0.455. The van der Waals surface area contributed by atoms with Crippen LogP contribution < -0.4 is 0 Å². The van der Waals surface area contributed by atoms with E-state index in [1.165, 1.54) is 0 Å². The lowest BCUT2D eigenvalue weighted by molar-refractivity contribution is 0.142. The summed E-state index contributed by atoms with van der Waals surface area (Å²) in [6.45, 7) is 3.77. The van der Waals surface area contributed by atoms with Crippen molar-refractivity contribution < 1.29 is 13.9 Å². The van der Waals surface area contributed by atoms with E-state index in [-0.39, 0.29) is 11.5 Å². The molecule has 0 spiro atoms. The van der Waals surface area contributed by atoms with Gasteiger partial charge in [-0.25, -0.2) is 8.78 Å². The van der Waals surface area contributed by atoms with E-state index in [0.717, 1.165) is 12.1 Å². The minimum Gasteiger partial charge on any atom is -0.388 e. The molecular formula is C11H13BrF2O. The second-order valence-corrected chi connectivity index (χ2v) is 4.84. The van der Waals surface area contributed by atoms with Crippen LogP contribution in [0.15, 0.2) is 16.6 Å². The van der Waals surface area contributed by atoms with Gasteiger partial charge in [0.05, 0.1) is 11.7 Å². The molecule has 1 unspecified atom stereocenters. The van der Waals surface area contributed by atoms with Crippen LogP contribution in [-0.4, -0.2) is 5.11 Å². The standard InChI is InChI=1S/C11H13BrF2O/c1-6(2)3-10(15)11-8(13)4-7(12)5-9(11)14/h4-6,10,15H,3H2,1-2H3. The highest BCUT2D eigenvalue weighted by Crippen LogP contribution is 2.28. The van der Waals surface area contributed by atoms with Gasteiger partial charge in [-0.1, -0.05) is 29.8 Å². The Morgan fingerprint density at radius 2 is 1.73 bits per heavy atom. The van der Waals surface area contributed by atoms with Crippen molar-refractivity contribution in [3.05, 3.63) is 33.8 Å². The maximum absolute atomic E-state index is 13.4. The smallest absolute Gasteiger partial charge is 0.133 e. The van der Waals surface area contributed by atoms with E-state index >= 15 is 0 Å². The largest absolute Gasteiger partial charge is 0.388 e. The Morgan fingerprint density at radius 3 is 2.13 bits per heavy atom. The van der Waals surface area contributed by atoms with Gasteiger partial charge in [0.15, 0.2) is 0 Å². The first-order valence-electron chi connectivity index (χ1n) is 4.74. The van der Waals surface area contributed by atoms with E-state index in [9.17, 15) is 13.9 Å². The van der Waals surface area contributed by atoms with Crippen LogP contribution in [0, 0.1) is 17.6 Å². The molecule has 0 aliphatic carbocycles. The van der Waals surface area contributed by atoms with Gasteiger partial charge in [0.25, 0.3) is 0 Å². The SMILES string of the molecule is CC(C)CC(O)c1c(F)cc(Br)cc1F. The fourth-order valence-corrected chi connectivity index (χ4v) is 1.84. The molecule has 15 heavy (non-hydrogen) atoms. The molecule has 0 aliphatic rings. The van der Waals surface area contributed by atoms with E-state index in [0.29, 0.717) is 10.9 Å². The van der Waals surface area contributed by atoms with Gasteiger partial charge in [0.2, 0.25) is 0 Å². The average Bonchev–Trinajstić information content (AvgIpc) is 1.99. The van der Waals surface area contributed by atoms with Gasteiger partial charge in [0, 0.05) is 4.47 Å². The van der Waals surface area contributed by atoms with Crippen molar-refractivity contribution in [2.24, 2.45) is 5.92 Å². The normalized spacial score (nSPS) is 13.3. The van der Waals surface area contributed by atoms with Crippen molar-refractivity contribution in [3.63, 3.8) is 0 Å². The van der Waals surface area contributed by atoms with Crippen LogP contribution in [0.5, 0.6) is 0 Å². The van der Waals surface area contributed by atoms with Crippen molar-refractivity contribution >= 4 is 15.9 Å². The molecule has 0 saturated carbocycles. The van der Waals surface area contributed by atoms with Gasteiger partial charge >= 0.3 is 0 Å². The molecule has 0 bridgehead atoms. The van der Waals surface area contributed by atoms with Crippen molar-refractivity contribution in [1.82, 2.24) is 0 Å². The zero-order chi connectivity index (χ0) is 11.6. The van der Waals surface area contributed by atoms with Crippen LogP contribution in [0.4, 0.5) is 8.78 Å². The zero-order valence-electron chi connectivity index (χ0n) is 8.60. The van der Waals surface area contributed by atoms with E-state index in [1.54, 1.807) is 0 Å². The number of hydrogen-bond donors (Lipinski definition) is 1. The van der Waals surface area contributed by atoms with E-state index in [4.69, 9.17) is 0 Å². The minimum absolute atomic E-state index is 0.183. The predicted molar refractivity (Wildman–Crippen MR) is 58.5 cm³/mol. The summed E-state index contributed by atoms with van der Waals surface area (Å²) in [6, 6.07) is 2.31.